The number of halogens is 1. The smallest absolute Gasteiger partial charge is 0.322 e. The van der Waals surface area contributed by atoms with Crippen molar-refractivity contribution in [3.05, 3.63) is 89.3 Å². The van der Waals surface area contributed by atoms with E-state index in [2.05, 4.69) is 5.32 Å². The van der Waals surface area contributed by atoms with Crippen molar-refractivity contribution in [3.8, 4) is 0 Å². The van der Waals surface area contributed by atoms with Crippen LogP contribution in [-0.2, 0) is 22.6 Å². The first-order valence-electron chi connectivity index (χ1n) is 10.7. The second-order valence-electron chi connectivity index (χ2n) is 7.52. The number of nitrogens with one attached hydrogen (secondary N) is 1. The molecule has 3 amide bonds. The predicted octanol–water partition coefficient (Wildman–Crippen LogP) is 5.03. The molecular formula is C25H28ClN3O4. The summed E-state index contributed by atoms with van der Waals surface area (Å²) >= 11 is 5.93. The van der Waals surface area contributed by atoms with Crippen molar-refractivity contribution in [1.29, 1.82) is 0 Å². The van der Waals surface area contributed by atoms with Crippen LogP contribution in [0.2, 0.25) is 5.02 Å². The zero-order valence-electron chi connectivity index (χ0n) is 18.6. The van der Waals surface area contributed by atoms with Crippen molar-refractivity contribution < 1.29 is 18.7 Å². The van der Waals surface area contributed by atoms with Crippen molar-refractivity contribution in [2.45, 2.75) is 19.5 Å². The summed E-state index contributed by atoms with van der Waals surface area (Å²) in [6.45, 7) is 1.51. The Kier molecular flexibility index (Phi) is 9.35. The minimum atomic E-state index is -0.362. The van der Waals surface area contributed by atoms with Crippen molar-refractivity contribution in [2.24, 2.45) is 0 Å². The molecule has 0 atom stereocenters. The molecule has 174 valence electrons. The van der Waals surface area contributed by atoms with Gasteiger partial charge >= 0.3 is 6.03 Å². The SMILES string of the molecule is COCCCN(CC(=O)N(Cc1ccccc1)Cc1ccco1)C(=O)Nc1ccc(Cl)cc1. The fraction of sp³-hybridized carbons (Fsp3) is 0.280. The molecule has 0 aliphatic rings. The molecule has 3 aromatic rings. The Labute approximate surface area is 198 Å². The van der Waals surface area contributed by atoms with Gasteiger partial charge in [-0.15, -0.1) is 0 Å². The fourth-order valence-electron chi connectivity index (χ4n) is 3.28. The second kappa shape index (κ2) is 12.7. The van der Waals surface area contributed by atoms with Crippen LogP contribution >= 0.6 is 11.6 Å². The Hall–Kier alpha value is -3.29. The average Bonchev–Trinajstić information content (AvgIpc) is 3.33. The van der Waals surface area contributed by atoms with E-state index in [0.29, 0.717) is 49.1 Å². The topological polar surface area (TPSA) is 75.0 Å². The third kappa shape index (κ3) is 7.97. The minimum absolute atomic E-state index is 0.0727. The number of carbonyl (C=O) groups excluding carboxylic acids is 2. The highest BCUT2D eigenvalue weighted by atomic mass is 35.5. The highest BCUT2D eigenvalue weighted by Crippen LogP contribution is 2.15. The molecule has 3 rings (SSSR count). The van der Waals surface area contributed by atoms with E-state index in [1.54, 1.807) is 48.6 Å². The van der Waals surface area contributed by atoms with E-state index in [4.69, 9.17) is 20.8 Å². The maximum absolute atomic E-state index is 13.3. The van der Waals surface area contributed by atoms with Gasteiger partial charge in [0.05, 0.1) is 12.8 Å². The van der Waals surface area contributed by atoms with Crippen LogP contribution < -0.4 is 5.32 Å². The number of furan rings is 1. The van der Waals surface area contributed by atoms with Crippen LogP contribution in [-0.4, -0.2) is 48.5 Å². The van der Waals surface area contributed by atoms with Gasteiger partial charge in [0.25, 0.3) is 0 Å². The van der Waals surface area contributed by atoms with Gasteiger partial charge in [-0.3, -0.25) is 4.79 Å². The summed E-state index contributed by atoms with van der Waals surface area (Å²) < 4.78 is 10.6. The largest absolute Gasteiger partial charge is 0.467 e. The third-order valence-corrected chi connectivity index (χ3v) is 5.23. The van der Waals surface area contributed by atoms with Crippen LogP contribution in [0, 0.1) is 0 Å². The van der Waals surface area contributed by atoms with Gasteiger partial charge in [-0.2, -0.15) is 0 Å². The highest BCUT2D eigenvalue weighted by Gasteiger charge is 2.22. The minimum Gasteiger partial charge on any atom is -0.467 e. The number of nitrogens with zero attached hydrogens (tertiary/aromatic N) is 2. The Bertz CT molecular complexity index is 994. The number of anilines is 1. The van der Waals surface area contributed by atoms with Crippen LogP contribution in [0.1, 0.15) is 17.7 Å². The summed E-state index contributed by atoms with van der Waals surface area (Å²) in [5.74, 6) is 0.495. The Morgan fingerprint density at radius 3 is 2.39 bits per heavy atom. The lowest BCUT2D eigenvalue weighted by Gasteiger charge is -2.27. The molecule has 0 saturated carbocycles. The molecule has 1 aromatic heterocycles. The van der Waals surface area contributed by atoms with Crippen LogP contribution in [0.3, 0.4) is 0 Å². The molecule has 0 spiro atoms. The molecular weight excluding hydrogens is 442 g/mol. The standard InChI is InChI=1S/C25H28ClN3O4/c1-32-15-6-14-28(25(31)27-22-12-10-21(26)11-13-22)19-24(30)29(18-23-9-5-16-33-23)17-20-7-3-2-4-8-20/h2-5,7-13,16H,6,14-15,17-19H2,1H3,(H,27,31). The number of hydrogen-bond acceptors (Lipinski definition) is 4. The predicted molar refractivity (Wildman–Crippen MR) is 128 cm³/mol. The lowest BCUT2D eigenvalue weighted by molar-refractivity contribution is -0.133. The molecule has 0 unspecified atom stereocenters. The first-order valence-corrected chi connectivity index (χ1v) is 11.1. The molecule has 7 nitrogen and oxygen atoms in total. The number of hydrogen-bond donors (Lipinski definition) is 1. The van der Waals surface area contributed by atoms with Crippen LogP contribution in [0.25, 0.3) is 0 Å². The first-order chi connectivity index (χ1) is 16.0. The molecule has 0 aliphatic carbocycles. The number of urea groups is 1. The van der Waals surface area contributed by atoms with Gasteiger partial charge in [0.2, 0.25) is 5.91 Å². The number of benzene rings is 2. The number of methoxy groups -OCH3 is 1. The molecule has 0 saturated heterocycles. The molecule has 8 heteroatoms. The lowest BCUT2D eigenvalue weighted by atomic mass is 10.2. The van der Waals surface area contributed by atoms with Crippen molar-refractivity contribution >= 4 is 29.2 Å². The summed E-state index contributed by atoms with van der Waals surface area (Å²) in [5, 5.41) is 3.41. The Morgan fingerprint density at radius 2 is 1.73 bits per heavy atom. The summed E-state index contributed by atoms with van der Waals surface area (Å²) in [6.07, 6.45) is 2.19. The summed E-state index contributed by atoms with van der Waals surface area (Å²) in [4.78, 5) is 29.5. The van der Waals surface area contributed by atoms with E-state index in [1.165, 1.54) is 4.90 Å². The van der Waals surface area contributed by atoms with Gasteiger partial charge in [-0.1, -0.05) is 41.9 Å². The van der Waals surface area contributed by atoms with E-state index in [0.717, 1.165) is 5.56 Å². The quantitative estimate of drug-likeness (QED) is 0.399. The highest BCUT2D eigenvalue weighted by molar-refractivity contribution is 6.30. The average molecular weight is 470 g/mol. The normalized spacial score (nSPS) is 10.6. The van der Waals surface area contributed by atoms with Crippen LogP contribution in [0.5, 0.6) is 0 Å². The van der Waals surface area contributed by atoms with E-state index in [-0.39, 0.29) is 18.5 Å². The zero-order chi connectivity index (χ0) is 23.5. The Balaban J connectivity index is 1.72. The van der Waals surface area contributed by atoms with Gasteiger partial charge in [0.15, 0.2) is 0 Å². The van der Waals surface area contributed by atoms with Crippen molar-refractivity contribution in [3.63, 3.8) is 0 Å². The molecule has 0 radical (unpaired) electrons. The molecule has 1 heterocycles. The monoisotopic (exact) mass is 469 g/mol. The third-order valence-electron chi connectivity index (χ3n) is 4.98. The summed E-state index contributed by atoms with van der Waals surface area (Å²) in [7, 11) is 1.61. The summed E-state index contributed by atoms with van der Waals surface area (Å²) in [6, 6.07) is 19.8. The molecule has 0 aliphatic heterocycles. The molecule has 1 N–H and O–H groups in total. The van der Waals surface area contributed by atoms with Crippen molar-refractivity contribution in [1.82, 2.24) is 9.80 Å². The van der Waals surface area contributed by atoms with Crippen LogP contribution in [0.15, 0.2) is 77.4 Å². The Morgan fingerprint density at radius 1 is 0.970 bits per heavy atom. The molecule has 33 heavy (non-hydrogen) atoms. The van der Waals surface area contributed by atoms with E-state index < -0.39 is 0 Å². The lowest BCUT2D eigenvalue weighted by Crippen LogP contribution is -2.44. The zero-order valence-corrected chi connectivity index (χ0v) is 19.3. The molecule has 0 fully saturated rings. The number of carbonyl (C=O) groups is 2. The van der Waals surface area contributed by atoms with Gasteiger partial charge in [0.1, 0.15) is 12.3 Å². The number of amides is 3. The van der Waals surface area contributed by atoms with Gasteiger partial charge in [-0.05, 0) is 48.4 Å². The molecule has 0 bridgehead atoms. The van der Waals surface area contributed by atoms with Gasteiger partial charge < -0.3 is 24.3 Å². The number of ether oxygens (including phenoxy) is 1. The van der Waals surface area contributed by atoms with Gasteiger partial charge in [0, 0.05) is 37.5 Å². The van der Waals surface area contributed by atoms with E-state index in [1.807, 2.05) is 36.4 Å². The van der Waals surface area contributed by atoms with Crippen molar-refractivity contribution in [2.75, 3.05) is 32.1 Å². The van der Waals surface area contributed by atoms with Gasteiger partial charge in [-0.25, -0.2) is 4.79 Å². The van der Waals surface area contributed by atoms with E-state index >= 15 is 0 Å². The molecule has 2 aromatic carbocycles. The van der Waals surface area contributed by atoms with Crippen LogP contribution in [0.4, 0.5) is 10.5 Å². The summed E-state index contributed by atoms with van der Waals surface area (Å²) in [5.41, 5.74) is 1.60. The maximum Gasteiger partial charge on any atom is 0.322 e. The second-order valence-corrected chi connectivity index (χ2v) is 7.96. The first kappa shape index (κ1) is 24.4. The maximum atomic E-state index is 13.3. The fourth-order valence-corrected chi connectivity index (χ4v) is 3.40. The number of rotatable bonds is 11. The van der Waals surface area contributed by atoms with E-state index in [9.17, 15) is 9.59 Å².